The molecule has 8 heteroatoms. The van der Waals surface area contributed by atoms with Gasteiger partial charge in [-0.25, -0.2) is 0 Å². The van der Waals surface area contributed by atoms with Crippen LogP contribution in [0.4, 0.5) is 5.69 Å². The monoisotopic (exact) mass is 424 g/mol. The maximum absolute atomic E-state index is 12.2. The minimum atomic E-state index is -0.259. The minimum Gasteiger partial charge on any atom is -0.496 e. The van der Waals surface area contributed by atoms with Crippen molar-refractivity contribution < 1.29 is 14.3 Å². The second-order valence-electron chi connectivity index (χ2n) is 6.39. The highest BCUT2D eigenvalue weighted by Crippen LogP contribution is 2.23. The lowest BCUT2D eigenvalue weighted by atomic mass is 10.1. The van der Waals surface area contributed by atoms with Gasteiger partial charge in [0.15, 0.2) is 0 Å². The molecule has 0 unspecified atom stereocenters. The van der Waals surface area contributed by atoms with Crippen molar-refractivity contribution in [1.82, 2.24) is 15.1 Å². The summed E-state index contributed by atoms with van der Waals surface area (Å²) in [7, 11) is 1.56. The Morgan fingerprint density at radius 3 is 2.83 bits per heavy atom. The van der Waals surface area contributed by atoms with Gasteiger partial charge in [0, 0.05) is 41.3 Å². The number of ether oxygens (including phenoxy) is 1. The maximum Gasteiger partial charge on any atom is 0.246 e. The average molecular weight is 425 g/mol. The fourth-order valence-corrected chi connectivity index (χ4v) is 2.93. The van der Waals surface area contributed by atoms with Crippen LogP contribution in [0, 0.1) is 0 Å². The highest BCUT2D eigenvalue weighted by atomic mass is 35.5. The van der Waals surface area contributed by atoms with Gasteiger partial charge in [0.2, 0.25) is 11.8 Å². The van der Waals surface area contributed by atoms with E-state index >= 15 is 0 Å². The summed E-state index contributed by atoms with van der Waals surface area (Å²) in [6, 6.07) is 14.2. The number of carbonyl (C=O) groups excluding carboxylic acids is 2. The van der Waals surface area contributed by atoms with Crippen molar-refractivity contribution in [3.8, 4) is 5.75 Å². The van der Waals surface area contributed by atoms with Crippen molar-refractivity contribution in [2.24, 2.45) is 0 Å². The summed E-state index contributed by atoms with van der Waals surface area (Å²) >= 11 is 6.00. The van der Waals surface area contributed by atoms with Crippen LogP contribution < -0.4 is 15.4 Å². The summed E-state index contributed by atoms with van der Waals surface area (Å²) in [4.78, 5) is 24.2. The summed E-state index contributed by atoms with van der Waals surface area (Å²) in [5.74, 6) is 0.186. The topological polar surface area (TPSA) is 85.3 Å². The molecule has 0 saturated heterocycles. The maximum atomic E-state index is 12.2. The number of nitrogens with one attached hydrogen (secondary N) is 2. The molecule has 0 radical (unpaired) electrons. The molecule has 154 valence electrons. The van der Waals surface area contributed by atoms with Gasteiger partial charge in [-0.3, -0.25) is 14.3 Å². The van der Waals surface area contributed by atoms with Crippen LogP contribution in [-0.2, 0) is 22.7 Å². The van der Waals surface area contributed by atoms with Crippen LogP contribution >= 0.6 is 11.6 Å². The summed E-state index contributed by atoms with van der Waals surface area (Å²) in [5, 5.41) is 10.2. The molecule has 2 N–H and O–H groups in total. The lowest BCUT2D eigenvalue weighted by Crippen LogP contribution is -2.21. The van der Waals surface area contributed by atoms with Gasteiger partial charge in [-0.15, -0.1) is 0 Å². The van der Waals surface area contributed by atoms with Crippen LogP contribution in [0.5, 0.6) is 5.75 Å². The third kappa shape index (κ3) is 6.22. The van der Waals surface area contributed by atoms with Gasteiger partial charge in [-0.05, 0) is 48.0 Å². The molecule has 1 heterocycles. The molecule has 0 aliphatic heterocycles. The van der Waals surface area contributed by atoms with Gasteiger partial charge in [-0.2, -0.15) is 5.10 Å². The van der Waals surface area contributed by atoms with Gasteiger partial charge in [-0.1, -0.05) is 23.7 Å². The molecular weight excluding hydrogens is 404 g/mol. The SMILES string of the molecule is COc1ccc(Cl)cc1/C=C/C(=O)NCc1cccc(NC(=O)Cn2cccn2)c1. The molecule has 30 heavy (non-hydrogen) atoms. The van der Waals surface area contributed by atoms with Crippen molar-refractivity contribution in [2.45, 2.75) is 13.1 Å². The largest absolute Gasteiger partial charge is 0.496 e. The molecular formula is C22H21ClN4O3. The van der Waals surface area contributed by atoms with Gasteiger partial charge in [0.25, 0.3) is 0 Å². The van der Waals surface area contributed by atoms with E-state index in [1.54, 1.807) is 60.6 Å². The van der Waals surface area contributed by atoms with Crippen LogP contribution in [0.2, 0.25) is 5.02 Å². The van der Waals surface area contributed by atoms with Crippen LogP contribution in [0.1, 0.15) is 11.1 Å². The molecule has 3 rings (SSSR count). The number of nitrogens with zero attached hydrogens (tertiary/aromatic N) is 2. The smallest absolute Gasteiger partial charge is 0.246 e. The molecule has 0 spiro atoms. The highest BCUT2D eigenvalue weighted by Gasteiger charge is 2.05. The zero-order chi connectivity index (χ0) is 21.3. The molecule has 2 aromatic carbocycles. The first-order valence-electron chi connectivity index (χ1n) is 9.19. The summed E-state index contributed by atoms with van der Waals surface area (Å²) in [6.45, 7) is 0.449. The number of halogens is 1. The van der Waals surface area contributed by atoms with Crippen LogP contribution in [0.25, 0.3) is 6.08 Å². The minimum absolute atomic E-state index is 0.131. The Balaban J connectivity index is 1.54. The molecule has 0 bridgehead atoms. The van der Waals surface area contributed by atoms with E-state index in [0.29, 0.717) is 28.6 Å². The normalized spacial score (nSPS) is 10.7. The standard InChI is InChI=1S/C22H21ClN4O3/c1-30-20-8-7-18(23)13-17(20)6-9-21(28)24-14-16-4-2-5-19(12-16)26-22(29)15-27-11-3-10-25-27/h2-13H,14-15H2,1H3,(H,24,28)(H,26,29)/b9-6+. The molecule has 0 fully saturated rings. The van der Waals surface area contributed by atoms with Gasteiger partial charge < -0.3 is 15.4 Å². The number of hydrogen-bond acceptors (Lipinski definition) is 4. The zero-order valence-corrected chi connectivity index (χ0v) is 17.1. The van der Waals surface area contributed by atoms with E-state index in [1.165, 1.54) is 6.08 Å². The molecule has 1 aromatic heterocycles. The van der Waals surface area contributed by atoms with Crippen molar-refractivity contribution in [3.05, 3.63) is 83.2 Å². The predicted molar refractivity (Wildman–Crippen MR) is 116 cm³/mol. The van der Waals surface area contributed by atoms with E-state index in [9.17, 15) is 9.59 Å². The Morgan fingerprint density at radius 1 is 1.20 bits per heavy atom. The number of amides is 2. The molecule has 0 aliphatic carbocycles. The molecule has 7 nitrogen and oxygen atoms in total. The Kier molecular flexibility index (Phi) is 7.24. The van der Waals surface area contributed by atoms with Gasteiger partial charge in [0.05, 0.1) is 7.11 Å². The van der Waals surface area contributed by atoms with E-state index in [4.69, 9.17) is 16.3 Å². The number of hydrogen-bond donors (Lipinski definition) is 2. The van der Waals surface area contributed by atoms with Crippen LogP contribution in [-0.4, -0.2) is 28.7 Å². The number of anilines is 1. The number of benzene rings is 2. The second kappa shape index (κ2) is 10.3. The molecule has 0 atom stereocenters. The van der Waals surface area contributed by atoms with E-state index in [2.05, 4.69) is 15.7 Å². The third-order valence-corrected chi connectivity index (χ3v) is 4.38. The van der Waals surface area contributed by atoms with Crippen molar-refractivity contribution in [3.63, 3.8) is 0 Å². The van der Waals surface area contributed by atoms with Crippen molar-refractivity contribution in [2.75, 3.05) is 12.4 Å². The molecule has 0 saturated carbocycles. The van der Waals surface area contributed by atoms with Crippen molar-refractivity contribution in [1.29, 1.82) is 0 Å². The van der Waals surface area contributed by atoms with Gasteiger partial charge >= 0.3 is 0 Å². The fraction of sp³-hybridized carbons (Fsp3) is 0.136. The van der Waals surface area contributed by atoms with E-state index < -0.39 is 0 Å². The number of aromatic nitrogens is 2. The first kappa shape index (κ1) is 21.1. The van der Waals surface area contributed by atoms with Gasteiger partial charge in [0.1, 0.15) is 12.3 Å². The fourth-order valence-electron chi connectivity index (χ4n) is 2.75. The predicted octanol–water partition coefficient (Wildman–Crippen LogP) is 3.51. The first-order chi connectivity index (χ1) is 14.5. The Labute approximate surface area is 179 Å². The number of carbonyl (C=O) groups is 2. The highest BCUT2D eigenvalue weighted by molar-refractivity contribution is 6.30. The Bertz CT molecular complexity index is 1050. The number of rotatable bonds is 8. The summed E-state index contributed by atoms with van der Waals surface area (Å²) in [6.07, 6.45) is 6.40. The summed E-state index contributed by atoms with van der Waals surface area (Å²) in [5.41, 5.74) is 2.22. The van der Waals surface area contributed by atoms with E-state index in [0.717, 1.165) is 5.56 Å². The Morgan fingerprint density at radius 2 is 2.07 bits per heavy atom. The van der Waals surface area contributed by atoms with E-state index in [-0.39, 0.29) is 18.4 Å². The van der Waals surface area contributed by atoms with Crippen LogP contribution in [0.15, 0.2) is 67.0 Å². The molecule has 2 amide bonds. The number of methoxy groups -OCH3 is 1. The quantitative estimate of drug-likeness (QED) is 0.542. The first-order valence-corrected chi connectivity index (χ1v) is 9.57. The zero-order valence-electron chi connectivity index (χ0n) is 16.3. The lowest BCUT2D eigenvalue weighted by Gasteiger charge is -2.08. The molecule has 3 aromatic rings. The van der Waals surface area contributed by atoms with Crippen molar-refractivity contribution >= 4 is 35.2 Å². The average Bonchev–Trinajstić information content (AvgIpc) is 3.24. The second-order valence-corrected chi connectivity index (χ2v) is 6.83. The lowest BCUT2D eigenvalue weighted by molar-refractivity contribution is -0.117. The van der Waals surface area contributed by atoms with E-state index in [1.807, 2.05) is 18.2 Å². The summed E-state index contributed by atoms with van der Waals surface area (Å²) < 4.78 is 6.80. The Hall–Kier alpha value is -3.58. The van der Waals surface area contributed by atoms with Crippen LogP contribution in [0.3, 0.4) is 0 Å². The third-order valence-electron chi connectivity index (χ3n) is 4.15. The molecule has 0 aliphatic rings.